The van der Waals surface area contributed by atoms with Crippen LogP contribution in [0.5, 0.6) is 0 Å². The third-order valence-corrected chi connectivity index (χ3v) is 1.15. The SMILES string of the molecule is CN(C)CCC(C)(C)F. The van der Waals surface area contributed by atoms with Crippen LogP contribution in [0.25, 0.3) is 0 Å². The van der Waals surface area contributed by atoms with Crippen LogP contribution in [-0.2, 0) is 0 Å². The van der Waals surface area contributed by atoms with Crippen LogP contribution in [0, 0.1) is 0 Å². The molecular weight excluding hydrogens is 117 g/mol. The molecule has 0 heterocycles. The van der Waals surface area contributed by atoms with E-state index in [-0.39, 0.29) is 0 Å². The van der Waals surface area contributed by atoms with Gasteiger partial charge in [0.05, 0.1) is 0 Å². The lowest BCUT2D eigenvalue weighted by molar-refractivity contribution is 0.181. The lowest BCUT2D eigenvalue weighted by atomic mass is 10.1. The van der Waals surface area contributed by atoms with E-state index in [1.165, 1.54) is 0 Å². The van der Waals surface area contributed by atoms with Crippen LogP contribution in [0.2, 0.25) is 0 Å². The van der Waals surface area contributed by atoms with Crippen molar-refractivity contribution >= 4 is 0 Å². The molecule has 0 spiro atoms. The van der Waals surface area contributed by atoms with Gasteiger partial charge >= 0.3 is 0 Å². The Bertz CT molecular complexity index is 73.5. The number of hydrogen-bond acceptors (Lipinski definition) is 1. The van der Waals surface area contributed by atoms with Gasteiger partial charge in [-0.05, 0) is 34.4 Å². The van der Waals surface area contributed by atoms with Crippen LogP contribution in [0.1, 0.15) is 20.3 Å². The first-order valence-electron chi connectivity index (χ1n) is 3.25. The van der Waals surface area contributed by atoms with Crippen LogP contribution in [-0.4, -0.2) is 31.2 Å². The summed E-state index contributed by atoms with van der Waals surface area (Å²) < 4.78 is 12.7. The van der Waals surface area contributed by atoms with Gasteiger partial charge in [-0.25, -0.2) is 4.39 Å². The van der Waals surface area contributed by atoms with E-state index in [0.29, 0.717) is 6.42 Å². The molecule has 56 valence electrons. The normalized spacial score (nSPS) is 12.7. The molecule has 0 aromatic heterocycles. The van der Waals surface area contributed by atoms with Gasteiger partial charge in [0.2, 0.25) is 0 Å². The zero-order valence-corrected chi connectivity index (χ0v) is 6.74. The highest BCUT2D eigenvalue weighted by Gasteiger charge is 2.14. The molecule has 0 aliphatic rings. The molecule has 0 bridgehead atoms. The van der Waals surface area contributed by atoms with Crippen molar-refractivity contribution in [3.8, 4) is 0 Å². The Morgan fingerprint density at radius 3 is 1.89 bits per heavy atom. The fourth-order valence-corrected chi connectivity index (χ4v) is 0.489. The Morgan fingerprint density at radius 2 is 1.78 bits per heavy atom. The summed E-state index contributed by atoms with van der Waals surface area (Å²) >= 11 is 0. The summed E-state index contributed by atoms with van der Waals surface area (Å²) in [6.45, 7) is 4.04. The summed E-state index contributed by atoms with van der Waals surface area (Å²) in [4.78, 5) is 1.99. The minimum Gasteiger partial charge on any atom is -0.309 e. The maximum Gasteiger partial charge on any atom is 0.106 e. The van der Waals surface area contributed by atoms with Crippen LogP contribution in [0.4, 0.5) is 4.39 Å². The topological polar surface area (TPSA) is 3.24 Å². The van der Waals surface area contributed by atoms with Crippen LogP contribution in [0.15, 0.2) is 0 Å². The Hall–Kier alpha value is -0.110. The van der Waals surface area contributed by atoms with Gasteiger partial charge in [0.1, 0.15) is 5.67 Å². The first-order valence-corrected chi connectivity index (χ1v) is 3.25. The number of halogens is 1. The van der Waals surface area contributed by atoms with Crippen molar-refractivity contribution in [2.75, 3.05) is 20.6 Å². The van der Waals surface area contributed by atoms with Crippen molar-refractivity contribution in [1.29, 1.82) is 0 Å². The highest BCUT2D eigenvalue weighted by Crippen LogP contribution is 2.12. The van der Waals surface area contributed by atoms with Gasteiger partial charge in [-0.2, -0.15) is 0 Å². The van der Waals surface area contributed by atoms with Gasteiger partial charge in [-0.1, -0.05) is 0 Å². The molecule has 0 aromatic carbocycles. The van der Waals surface area contributed by atoms with E-state index < -0.39 is 5.67 Å². The van der Waals surface area contributed by atoms with Gasteiger partial charge in [0.25, 0.3) is 0 Å². The summed E-state index contributed by atoms with van der Waals surface area (Å²) in [6, 6.07) is 0. The molecule has 0 saturated carbocycles. The van der Waals surface area contributed by atoms with Crippen LogP contribution >= 0.6 is 0 Å². The predicted octanol–water partition coefficient (Wildman–Crippen LogP) is 1.69. The molecule has 0 amide bonds. The van der Waals surface area contributed by atoms with E-state index in [1.54, 1.807) is 13.8 Å². The average Bonchev–Trinajstić information content (AvgIpc) is 1.59. The van der Waals surface area contributed by atoms with E-state index in [2.05, 4.69) is 0 Å². The maximum atomic E-state index is 12.7. The fraction of sp³-hybridized carbons (Fsp3) is 1.00. The molecule has 2 heteroatoms. The molecule has 0 saturated heterocycles. The molecule has 0 N–H and O–H groups in total. The molecule has 0 aromatic rings. The van der Waals surface area contributed by atoms with Crippen molar-refractivity contribution < 1.29 is 4.39 Å². The van der Waals surface area contributed by atoms with E-state index >= 15 is 0 Å². The zero-order chi connectivity index (χ0) is 7.49. The summed E-state index contributed by atoms with van der Waals surface area (Å²) in [5.41, 5.74) is -1.01. The molecule has 9 heavy (non-hydrogen) atoms. The zero-order valence-electron chi connectivity index (χ0n) is 6.74. The molecule has 0 aliphatic carbocycles. The fourth-order valence-electron chi connectivity index (χ4n) is 0.489. The molecule has 0 rings (SSSR count). The third-order valence-electron chi connectivity index (χ3n) is 1.15. The van der Waals surface area contributed by atoms with Crippen molar-refractivity contribution in [3.05, 3.63) is 0 Å². The summed E-state index contributed by atoms with van der Waals surface area (Å²) in [5, 5.41) is 0. The quantitative estimate of drug-likeness (QED) is 0.566. The second-order valence-corrected chi connectivity index (χ2v) is 3.27. The first kappa shape index (κ1) is 8.89. The van der Waals surface area contributed by atoms with E-state index in [4.69, 9.17) is 0 Å². The minimum absolute atomic E-state index is 0.611. The van der Waals surface area contributed by atoms with Gasteiger partial charge < -0.3 is 4.90 Å². The number of rotatable bonds is 3. The highest BCUT2D eigenvalue weighted by molar-refractivity contribution is 4.66. The van der Waals surface area contributed by atoms with Crippen LogP contribution < -0.4 is 0 Å². The Balaban J connectivity index is 3.28. The summed E-state index contributed by atoms with van der Waals surface area (Å²) in [6.07, 6.45) is 0.611. The number of hydrogen-bond donors (Lipinski definition) is 0. The number of nitrogens with zero attached hydrogens (tertiary/aromatic N) is 1. The monoisotopic (exact) mass is 133 g/mol. The second-order valence-electron chi connectivity index (χ2n) is 3.27. The molecule has 0 atom stereocenters. The molecular formula is C7H16FN. The summed E-state index contributed by atoms with van der Waals surface area (Å²) in [5.74, 6) is 0. The first-order chi connectivity index (χ1) is 3.92. The van der Waals surface area contributed by atoms with Gasteiger partial charge in [0, 0.05) is 6.54 Å². The van der Waals surface area contributed by atoms with E-state index in [9.17, 15) is 4.39 Å². The van der Waals surface area contributed by atoms with Crippen molar-refractivity contribution in [1.82, 2.24) is 4.90 Å². The number of alkyl halides is 1. The predicted molar refractivity (Wildman–Crippen MR) is 38.4 cm³/mol. The third kappa shape index (κ3) is 7.89. The van der Waals surface area contributed by atoms with Crippen LogP contribution in [0.3, 0.4) is 0 Å². The van der Waals surface area contributed by atoms with Gasteiger partial charge in [-0.3, -0.25) is 0 Å². The smallest absolute Gasteiger partial charge is 0.106 e. The summed E-state index contributed by atoms with van der Waals surface area (Å²) in [7, 11) is 3.90. The largest absolute Gasteiger partial charge is 0.309 e. The van der Waals surface area contributed by atoms with Crippen molar-refractivity contribution in [3.63, 3.8) is 0 Å². The Kier molecular flexibility index (Phi) is 3.12. The molecule has 0 fully saturated rings. The van der Waals surface area contributed by atoms with E-state index in [0.717, 1.165) is 6.54 Å². The van der Waals surface area contributed by atoms with Crippen molar-refractivity contribution in [2.24, 2.45) is 0 Å². The van der Waals surface area contributed by atoms with E-state index in [1.807, 2.05) is 19.0 Å². The van der Waals surface area contributed by atoms with Gasteiger partial charge in [-0.15, -0.1) is 0 Å². The molecule has 1 nitrogen and oxygen atoms in total. The molecule has 0 aliphatic heterocycles. The Morgan fingerprint density at radius 1 is 1.33 bits per heavy atom. The standard InChI is InChI=1S/C7H16FN/c1-7(2,8)5-6-9(3)4/h5-6H2,1-4H3. The lowest BCUT2D eigenvalue weighted by Gasteiger charge is -2.16. The highest BCUT2D eigenvalue weighted by atomic mass is 19.1. The molecule has 0 radical (unpaired) electrons. The molecule has 0 unspecified atom stereocenters. The van der Waals surface area contributed by atoms with Crippen molar-refractivity contribution in [2.45, 2.75) is 25.9 Å². The van der Waals surface area contributed by atoms with Gasteiger partial charge in [0.15, 0.2) is 0 Å². The average molecular weight is 133 g/mol. The second kappa shape index (κ2) is 3.16. The Labute approximate surface area is 56.9 Å². The minimum atomic E-state index is -1.01. The lowest BCUT2D eigenvalue weighted by Crippen LogP contribution is -2.22. The maximum absolute atomic E-state index is 12.7.